The molecule has 1 fully saturated rings. The van der Waals surface area contributed by atoms with Gasteiger partial charge in [0.2, 0.25) is 0 Å². The van der Waals surface area contributed by atoms with Gasteiger partial charge in [0.15, 0.2) is 0 Å². The van der Waals surface area contributed by atoms with E-state index < -0.39 is 0 Å². The summed E-state index contributed by atoms with van der Waals surface area (Å²) in [6.07, 6.45) is 8.13. The van der Waals surface area contributed by atoms with Gasteiger partial charge in [-0.2, -0.15) is 0 Å². The van der Waals surface area contributed by atoms with Crippen LogP contribution in [0.4, 0.5) is 5.69 Å². The first kappa shape index (κ1) is 10.1. The highest BCUT2D eigenvalue weighted by atomic mass is 16.1. The molecule has 1 aliphatic carbocycles. The Kier molecular flexibility index (Phi) is 2.99. The van der Waals surface area contributed by atoms with E-state index in [0.717, 1.165) is 36.9 Å². The molecule has 1 aliphatic rings. The third-order valence-electron chi connectivity index (χ3n) is 2.84. The molecule has 0 aliphatic heterocycles. The first-order valence-corrected chi connectivity index (χ1v) is 5.48. The Morgan fingerprint density at radius 3 is 3.00 bits per heavy atom. The molecule has 2 N–H and O–H groups in total. The van der Waals surface area contributed by atoms with Crippen LogP contribution < -0.4 is 5.73 Å². The van der Waals surface area contributed by atoms with Gasteiger partial charge in [-0.25, -0.2) is 0 Å². The molecule has 1 heterocycles. The average molecular weight is 204 g/mol. The number of nitrogens with two attached hydrogens (primary N) is 1. The van der Waals surface area contributed by atoms with E-state index in [2.05, 4.69) is 4.98 Å². The Bertz CT molecular complexity index is 358. The molecule has 80 valence electrons. The van der Waals surface area contributed by atoms with E-state index in [-0.39, 0.29) is 0 Å². The summed E-state index contributed by atoms with van der Waals surface area (Å²) in [4.78, 5) is 15.5. The molecule has 0 radical (unpaired) electrons. The van der Waals surface area contributed by atoms with Crippen LogP contribution in [0.5, 0.6) is 0 Å². The van der Waals surface area contributed by atoms with Gasteiger partial charge in [0.25, 0.3) is 0 Å². The number of aryl methyl sites for hydroxylation is 1. The van der Waals surface area contributed by atoms with Crippen LogP contribution >= 0.6 is 0 Å². The Balaban J connectivity index is 1.78. The number of nitrogens with zero attached hydrogens (tertiary/aromatic N) is 1. The summed E-state index contributed by atoms with van der Waals surface area (Å²) >= 11 is 0. The van der Waals surface area contributed by atoms with Gasteiger partial charge in [0.1, 0.15) is 5.78 Å². The van der Waals surface area contributed by atoms with Crippen molar-refractivity contribution >= 4 is 11.5 Å². The molecular formula is C12H16N2O. The van der Waals surface area contributed by atoms with Crippen LogP contribution in [0, 0.1) is 5.92 Å². The number of carbonyl (C=O) groups is 1. The van der Waals surface area contributed by atoms with E-state index >= 15 is 0 Å². The van der Waals surface area contributed by atoms with Crippen LogP contribution in [-0.4, -0.2) is 10.8 Å². The molecule has 15 heavy (non-hydrogen) atoms. The van der Waals surface area contributed by atoms with E-state index in [1.807, 2.05) is 0 Å². The number of Topliss-reactive ketones (excluding diaryl/α,β-unsaturated/α-hetero) is 1. The molecule has 0 aromatic carbocycles. The second-order valence-corrected chi connectivity index (χ2v) is 4.17. The Hall–Kier alpha value is -1.38. The van der Waals surface area contributed by atoms with E-state index in [1.54, 1.807) is 18.5 Å². The van der Waals surface area contributed by atoms with Crippen molar-refractivity contribution in [1.82, 2.24) is 4.98 Å². The lowest BCUT2D eigenvalue weighted by Crippen LogP contribution is -2.02. The molecule has 0 atom stereocenters. The molecule has 0 bridgehead atoms. The first-order chi connectivity index (χ1) is 7.27. The molecule has 2 rings (SSSR count). The zero-order chi connectivity index (χ0) is 10.7. The number of hydrogen-bond donors (Lipinski definition) is 1. The fraction of sp³-hybridized carbons (Fsp3) is 0.500. The van der Waals surface area contributed by atoms with Crippen molar-refractivity contribution in [3.05, 3.63) is 24.0 Å². The second-order valence-electron chi connectivity index (χ2n) is 4.17. The number of carbonyl (C=O) groups excluding carboxylic acids is 1. The summed E-state index contributed by atoms with van der Waals surface area (Å²) in [6.45, 7) is 0. The molecule has 0 amide bonds. The topological polar surface area (TPSA) is 56.0 Å². The maximum absolute atomic E-state index is 11.4. The van der Waals surface area contributed by atoms with Crippen LogP contribution in [0.25, 0.3) is 0 Å². The number of nitrogen functional groups attached to an aromatic ring is 1. The molecule has 1 aromatic rings. The summed E-state index contributed by atoms with van der Waals surface area (Å²) < 4.78 is 0. The van der Waals surface area contributed by atoms with Crippen molar-refractivity contribution in [2.75, 3.05) is 5.73 Å². The average Bonchev–Trinajstić information content (AvgIpc) is 3.04. The van der Waals surface area contributed by atoms with E-state index in [9.17, 15) is 4.79 Å². The normalized spacial score (nSPS) is 15.2. The second kappa shape index (κ2) is 4.43. The van der Waals surface area contributed by atoms with E-state index in [4.69, 9.17) is 5.73 Å². The number of rotatable bonds is 5. The summed E-state index contributed by atoms with van der Waals surface area (Å²) in [6, 6.07) is 1.80. The standard InChI is InChI=1S/C12H16N2O/c13-11-6-7-14-8-10(11)2-1-3-12(15)9-4-5-9/h6-9H,1-5H2,(H2,13,14). The largest absolute Gasteiger partial charge is 0.398 e. The molecule has 0 saturated heterocycles. The maximum Gasteiger partial charge on any atom is 0.135 e. The minimum Gasteiger partial charge on any atom is -0.398 e. The quantitative estimate of drug-likeness (QED) is 0.797. The predicted octanol–water partition coefficient (Wildman–Crippen LogP) is 1.97. The minimum atomic E-state index is 0.385. The van der Waals surface area contributed by atoms with Gasteiger partial charge < -0.3 is 5.73 Å². The maximum atomic E-state index is 11.4. The van der Waals surface area contributed by atoms with Gasteiger partial charge in [-0.05, 0) is 37.3 Å². The molecule has 0 unspecified atom stereocenters. The van der Waals surface area contributed by atoms with Crippen LogP contribution in [0.1, 0.15) is 31.2 Å². The SMILES string of the molecule is Nc1ccncc1CCCC(=O)C1CC1. The highest BCUT2D eigenvalue weighted by Crippen LogP contribution is 2.31. The first-order valence-electron chi connectivity index (χ1n) is 5.48. The number of aromatic nitrogens is 1. The molecule has 1 aromatic heterocycles. The third-order valence-corrected chi connectivity index (χ3v) is 2.84. The summed E-state index contributed by atoms with van der Waals surface area (Å²) in [5.74, 6) is 0.814. The van der Waals surface area contributed by atoms with Gasteiger partial charge in [0, 0.05) is 30.4 Å². The Morgan fingerprint density at radius 2 is 2.33 bits per heavy atom. The minimum absolute atomic E-state index is 0.385. The molecular weight excluding hydrogens is 188 g/mol. The summed E-state index contributed by atoms with van der Waals surface area (Å²) in [7, 11) is 0. The van der Waals surface area contributed by atoms with Crippen molar-refractivity contribution in [3.8, 4) is 0 Å². The van der Waals surface area contributed by atoms with Crippen LogP contribution in [0.15, 0.2) is 18.5 Å². The number of ketones is 1. The van der Waals surface area contributed by atoms with Gasteiger partial charge in [0.05, 0.1) is 0 Å². The molecule has 1 saturated carbocycles. The number of anilines is 1. The van der Waals surface area contributed by atoms with Gasteiger partial charge >= 0.3 is 0 Å². The predicted molar refractivity (Wildman–Crippen MR) is 59.3 cm³/mol. The zero-order valence-corrected chi connectivity index (χ0v) is 8.78. The lowest BCUT2D eigenvalue weighted by molar-refractivity contribution is -0.120. The number of hydrogen-bond acceptors (Lipinski definition) is 3. The van der Waals surface area contributed by atoms with Crippen LogP contribution in [-0.2, 0) is 11.2 Å². The van der Waals surface area contributed by atoms with Gasteiger partial charge in [-0.1, -0.05) is 0 Å². The van der Waals surface area contributed by atoms with Gasteiger partial charge in [-0.15, -0.1) is 0 Å². The van der Waals surface area contributed by atoms with E-state index in [0.29, 0.717) is 18.1 Å². The van der Waals surface area contributed by atoms with Crippen molar-refractivity contribution < 1.29 is 4.79 Å². The van der Waals surface area contributed by atoms with E-state index in [1.165, 1.54) is 0 Å². The zero-order valence-electron chi connectivity index (χ0n) is 8.78. The van der Waals surface area contributed by atoms with Crippen molar-refractivity contribution in [1.29, 1.82) is 0 Å². The number of pyridine rings is 1. The van der Waals surface area contributed by atoms with Crippen molar-refractivity contribution in [3.63, 3.8) is 0 Å². The highest BCUT2D eigenvalue weighted by Gasteiger charge is 2.28. The molecule has 3 nitrogen and oxygen atoms in total. The fourth-order valence-electron chi connectivity index (χ4n) is 1.71. The summed E-state index contributed by atoms with van der Waals surface area (Å²) in [5.41, 5.74) is 7.62. The molecule has 3 heteroatoms. The Labute approximate surface area is 89.7 Å². The monoisotopic (exact) mass is 204 g/mol. The van der Waals surface area contributed by atoms with Gasteiger partial charge in [-0.3, -0.25) is 9.78 Å². The Morgan fingerprint density at radius 1 is 1.53 bits per heavy atom. The third kappa shape index (κ3) is 2.78. The lowest BCUT2D eigenvalue weighted by atomic mass is 10.1. The smallest absolute Gasteiger partial charge is 0.135 e. The van der Waals surface area contributed by atoms with Crippen molar-refractivity contribution in [2.45, 2.75) is 32.1 Å². The van der Waals surface area contributed by atoms with Crippen LogP contribution in [0.2, 0.25) is 0 Å². The highest BCUT2D eigenvalue weighted by molar-refractivity contribution is 5.83. The van der Waals surface area contributed by atoms with Crippen LogP contribution in [0.3, 0.4) is 0 Å². The lowest BCUT2D eigenvalue weighted by Gasteiger charge is -2.03. The fourth-order valence-corrected chi connectivity index (χ4v) is 1.71. The molecule has 0 spiro atoms. The van der Waals surface area contributed by atoms with Crippen molar-refractivity contribution in [2.24, 2.45) is 5.92 Å². The summed E-state index contributed by atoms with van der Waals surface area (Å²) in [5, 5.41) is 0.